The van der Waals surface area contributed by atoms with Crippen LogP contribution in [0, 0.1) is 0 Å². The number of furan rings is 1. The minimum atomic E-state index is -0.000694. The Balaban J connectivity index is 1.88. The summed E-state index contributed by atoms with van der Waals surface area (Å²) in [4.78, 5) is 0. The first-order chi connectivity index (χ1) is 10.4. The van der Waals surface area contributed by atoms with Crippen LogP contribution in [0.25, 0.3) is 0 Å². The van der Waals surface area contributed by atoms with Crippen molar-refractivity contribution in [3.8, 4) is 5.75 Å². The minimum Gasteiger partial charge on any atom is -0.496 e. The zero-order valence-corrected chi connectivity index (χ0v) is 12.2. The monoisotopic (exact) mass is 287 g/mol. The number of benzene rings is 1. The van der Waals surface area contributed by atoms with Gasteiger partial charge in [0, 0.05) is 24.8 Å². The van der Waals surface area contributed by atoms with Crippen molar-refractivity contribution in [3.63, 3.8) is 0 Å². The third-order valence-electron chi connectivity index (χ3n) is 3.90. The van der Waals surface area contributed by atoms with Crippen molar-refractivity contribution in [1.82, 2.24) is 5.32 Å². The second-order valence-corrected chi connectivity index (χ2v) is 5.24. The number of hydrogen-bond donors (Lipinski definition) is 1. The lowest BCUT2D eigenvalue weighted by atomic mass is 10.00. The van der Waals surface area contributed by atoms with Crippen LogP contribution in [0.2, 0.25) is 0 Å². The molecule has 3 rings (SSSR count). The number of rotatable bonds is 5. The molecule has 4 nitrogen and oxygen atoms in total. The van der Waals surface area contributed by atoms with Crippen LogP contribution in [0.5, 0.6) is 5.75 Å². The van der Waals surface area contributed by atoms with Gasteiger partial charge in [0.05, 0.1) is 19.4 Å². The van der Waals surface area contributed by atoms with Crippen molar-refractivity contribution in [2.75, 3.05) is 20.3 Å². The Bertz CT molecular complexity index is 547. The second kappa shape index (κ2) is 6.78. The highest BCUT2D eigenvalue weighted by molar-refractivity contribution is 5.39. The molecular formula is C17H21NO3. The van der Waals surface area contributed by atoms with Crippen LogP contribution in [0.1, 0.15) is 30.2 Å². The number of nitrogens with one attached hydrogen (secondary N) is 1. The molecule has 0 unspecified atom stereocenters. The molecule has 1 fully saturated rings. The minimum absolute atomic E-state index is 0.000694. The van der Waals surface area contributed by atoms with Crippen molar-refractivity contribution < 1.29 is 13.9 Å². The Hall–Kier alpha value is -1.78. The van der Waals surface area contributed by atoms with Crippen molar-refractivity contribution in [2.24, 2.45) is 0 Å². The maximum atomic E-state index is 5.64. The van der Waals surface area contributed by atoms with E-state index in [9.17, 15) is 0 Å². The predicted molar refractivity (Wildman–Crippen MR) is 80.5 cm³/mol. The highest BCUT2D eigenvalue weighted by Gasteiger charge is 2.24. The summed E-state index contributed by atoms with van der Waals surface area (Å²) in [5.41, 5.74) is 1.10. The zero-order chi connectivity index (χ0) is 14.5. The molecule has 2 heterocycles. The summed E-state index contributed by atoms with van der Waals surface area (Å²) in [6.07, 6.45) is 3.75. The van der Waals surface area contributed by atoms with E-state index in [1.807, 2.05) is 30.3 Å². The topological polar surface area (TPSA) is 43.6 Å². The molecule has 1 saturated heterocycles. The lowest BCUT2D eigenvalue weighted by Gasteiger charge is -2.28. The Morgan fingerprint density at radius 2 is 1.95 bits per heavy atom. The predicted octanol–water partition coefficient (Wildman–Crippen LogP) is 3.15. The van der Waals surface area contributed by atoms with Gasteiger partial charge in [0.1, 0.15) is 11.5 Å². The fraction of sp³-hybridized carbons (Fsp3) is 0.412. The van der Waals surface area contributed by atoms with E-state index in [1.165, 1.54) is 0 Å². The lowest BCUT2D eigenvalue weighted by Crippen LogP contribution is -2.37. The molecule has 0 aliphatic carbocycles. The second-order valence-electron chi connectivity index (χ2n) is 5.24. The maximum absolute atomic E-state index is 5.64. The smallest absolute Gasteiger partial charge is 0.125 e. The number of hydrogen-bond acceptors (Lipinski definition) is 4. The lowest BCUT2D eigenvalue weighted by molar-refractivity contribution is 0.0753. The Morgan fingerprint density at radius 1 is 1.14 bits per heavy atom. The molecule has 0 bridgehead atoms. The maximum Gasteiger partial charge on any atom is 0.125 e. The van der Waals surface area contributed by atoms with Crippen molar-refractivity contribution in [1.29, 1.82) is 0 Å². The van der Waals surface area contributed by atoms with Crippen LogP contribution < -0.4 is 10.1 Å². The number of para-hydroxylation sites is 1. The Labute approximate surface area is 125 Å². The van der Waals surface area contributed by atoms with Gasteiger partial charge in [-0.3, -0.25) is 0 Å². The Kier molecular flexibility index (Phi) is 4.58. The first-order valence-corrected chi connectivity index (χ1v) is 7.38. The van der Waals surface area contributed by atoms with E-state index in [1.54, 1.807) is 13.4 Å². The summed E-state index contributed by atoms with van der Waals surface area (Å²) >= 11 is 0. The van der Waals surface area contributed by atoms with Gasteiger partial charge in [0.25, 0.3) is 0 Å². The quantitative estimate of drug-likeness (QED) is 0.917. The molecule has 1 aliphatic heterocycles. The first kappa shape index (κ1) is 14.2. The molecule has 0 spiro atoms. The summed E-state index contributed by atoms with van der Waals surface area (Å²) in [6.45, 7) is 1.63. The van der Waals surface area contributed by atoms with E-state index in [4.69, 9.17) is 13.9 Å². The van der Waals surface area contributed by atoms with Crippen molar-refractivity contribution >= 4 is 0 Å². The summed E-state index contributed by atoms with van der Waals surface area (Å²) in [5, 5.41) is 3.70. The summed E-state index contributed by atoms with van der Waals surface area (Å²) in [7, 11) is 1.70. The van der Waals surface area contributed by atoms with Gasteiger partial charge in [-0.1, -0.05) is 18.2 Å². The fourth-order valence-corrected chi connectivity index (χ4v) is 2.79. The molecule has 0 radical (unpaired) electrons. The Morgan fingerprint density at radius 3 is 2.67 bits per heavy atom. The van der Waals surface area contributed by atoms with Crippen LogP contribution in [0.3, 0.4) is 0 Å². The summed E-state index contributed by atoms with van der Waals surface area (Å²) < 4.78 is 16.6. The molecule has 112 valence electrons. The van der Waals surface area contributed by atoms with Crippen LogP contribution in [-0.2, 0) is 4.74 Å². The SMILES string of the molecule is COc1ccccc1[C@H](NC1CCOCC1)c1ccco1. The van der Waals surface area contributed by atoms with Gasteiger partial charge in [0.15, 0.2) is 0 Å². The molecule has 1 aromatic heterocycles. The third kappa shape index (κ3) is 3.28. The van der Waals surface area contributed by atoms with Gasteiger partial charge in [-0.25, -0.2) is 0 Å². The zero-order valence-electron chi connectivity index (χ0n) is 12.2. The van der Waals surface area contributed by atoms with Crippen LogP contribution in [0.4, 0.5) is 0 Å². The highest BCUT2D eigenvalue weighted by Crippen LogP contribution is 2.31. The molecule has 1 atom stereocenters. The average Bonchev–Trinajstić information content (AvgIpc) is 3.08. The largest absolute Gasteiger partial charge is 0.496 e. The van der Waals surface area contributed by atoms with Gasteiger partial charge in [-0.05, 0) is 31.0 Å². The standard InChI is InChI=1S/C17H21NO3/c1-19-15-6-3-2-5-14(15)17(16-7-4-10-21-16)18-13-8-11-20-12-9-13/h2-7,10,13,17-18H,8-9,11-12H2,1H3/t17-/m0/s1. The molecule has 2 aromatic rings. The van der Waals surface area contributed by atoms with Gasteiger partial charge < -0.3 is 19.2 Å². The van der Waals surface area contributed by atoms with Gasteiger partial charge in [0.2, 0.25) is 0 Å². The molecule has 1 aromatic carbocycles. The van der Waals surface area contributed by atoms with Crippen LogP contribution in [-0.4, -0.2) is 26.4 Å². The molecule has 21 heavy (non-hydrogen) atoms. The fourth-order valence-electron chi connectivity index (χ4n) is 2.79. The molecular weight excluding hydrogens is 266 g/mol. The van der Waals surface area contributed by atoms with Crippen molar-refractivity contribution in [3.05, 3.63) is 54.0 Å². The first-order valence-electron chi connectivity index (χ1n) is 7.38. The normalized spacial score (nSPS) is 17.6. The van der Waals surface area contributed by atoms with Crippen molar-refractivity contribution in [2.45, 2.75) is 24.9 Å². The van der Waals surface area contributed by atoms with E-state index in [0.29, 0.717) is 6.04 Å². The molecule has 4 heteroatoms. The third-order valence-corrected chi connectivity index (χ3v) is 3.90. The highest BCUT2D eigenvalue weighted by atomic mass is 16.5. The number of methoxy groups -OCH3 is 1. The van der Waals surface area contributed by atoms with Crippen LogP contribution >= 0.6 is 0 Å². The molecule has 0 saturated carbocycles. The van der Waals surface area contributed by atoms with E-state index < -0.39 is 0 Å². The molecule has 1 N–H and O–H groups in total. The average molecular weight is 287 g/mol. The molecule has 0 amide bonds. The van der Waals surface area contributed by atoms with E-state index in [-0.39, 0.29) is 6.04 Å². The van der Waals surface area contributed by atoms with Gasteiger partial charge in [-0.2, -0.15) is 0 Å². The van der Waals surface area contributed by atoms with E-state index >= 15 is 0 Å². The van der Waals surface area contributed by atoms with Gasteiger partial charge >= 0.3 is 0 Å². The van der Waals surface area contributed by atoms with Gasteiger partial charge in [-0.15, -0.1) is 0 Å². The summed E-state index contributed by atoms with van der Waals surface area (Å²) in [5.74, 6) is 1.78. The van der Waals surface area contributed by atoms with E-state index in [2.05, 4.69) is 11.4 Å². The molecule has 1 aliphatic rings. The van der Waals surface area contributed by atoms with Crippen LogP contribution in [0.15, 0.2) is 47.1 Å². The van der Waals surface area contributed by atoms with E-state index in [0.717, 1.165) is 43.1 Å². The summed E-state index contributed by atoms with van der Waals surface area (Å²) in [6, 6.07) is 12.4. The number of ether oxygens (including phenoxy) is 2.